The number of anilines is 2. The van der Waals surface area contributed by atoms with E-state index >= 15 is 0 Å². The number of allylic oxidation sites excluding steroid dienone is 1. The normalized spacial score (nSPS) is 14.2. The molecule has 3 aromatic rings. The topological polar surface area (TPSA) is 124 Å². The summed E-state index contributed by atoms with van der Waals surface area (Å²) in [6.45, 7) is -0.735. The van der Waals surface area contributed by atoms with Gasteiger partial charge in [0, 0.05) is 18.4 Å². The minimum atomic E-state index is -1.52. The smallest absolute Gasteiger partial charge is 0.349 e. The summed E-state index contributed by atoms with van der Waals surface area (Å²) in [5, 5.41) is 27.5. The number of fused-ring (bicyclic) bond motifs is 2. The van der Waals surface area contributed by atoms with E-state index in [2.05, 4.69) is 29.2 Å². The maximum atomic E-state index is 12.7. The number of hydrogen-bond donors (Lipinski definition) is 2. The van der Waals surface area contributed by atoms with Gasteiger partial charge < -0.3 is 15.1 Å². The summed E-state index contributed by atoms with van der Waals surface area (Å²) in [6, 6.07) is 16.0. The molecule has 2 aromatic carbocycles. The van der Waals surface area contributed by atoms with Gasteiger partial charge in [0.25, 0.3) is 5.56 Å². The van der Waals surface area contributed by atoms with Crippen LogP contribution in [0.15, 0.2) is 53.3 Å². The van der Waals surface area contributed by atoms with Crippen LogP contribution in [0.3, 0.4) is 0 Å². The number of benzene rings is 2. The van der Waals surface area contributed by atoms with Gasteiger partial charge in [-0.05, 0) is 53.8 Å². The van der Waals surface area contributed by atoms with Gasteiger partial charge in [0.05, 0.1) is 4.53 Å². The van der Waals surface area contributed by atoms with E-state index in [4.69, 9.17) is 5.11 Å². The third-order valence-electron chi connectivity index (χ3n) is 5.76. The van der Waals surface area contributed by atoms with E-state index in [9.17, 15) is 24.8 Å². The van der Waals surface area contributed by atoms with Crippen molar-refractivity contribution >= 4 is 52.4 Å². The number of hydrogen-bond acceptors (Lipinski definition) is 6. The van der Waals surface area contributed by atoms with Gasteiger partial charge in [-0.2, -0.15) is 5.26 Å². The summed E-state index contributed by atoms with van der Waals surface area (Å²) < 4.78 is 0.742. The number of carboxylic acids is 2. The van der Waals surface area contributed by atoms with Gasteiger partial charge in [0.15, 0.2) is 5.57 Å². The number of aliphatic carboxylic acids is 2. The molecule has 0 unspecified atom stereocenters. The molecule has 1 aliphatic heterocycles. The first-order valence-corrected chi connectivity index (χ1v) is 11.5. The van der Waals surface area contributed by atoms with Crippen molar-refractivity contribution in [2.45, 2.75) is 19.4 Å². The van der Waals surface area contributed by atoms with Gasteiger partial charge in [0.2, 0.25) is 0 Å². The maximum absolute atomic E-state index is 12.7. The first kappa shape index (κ1) is 23.7. The van der Waals surface area contributed by atoms with E-state index < -0.39 is 29.6 Å². The van der Waals surface area contributed by atoms with Crippen LogP contribution in [0, 0.1) is 11.3 Å². The average molecular weight is 488 g/mol. The first-order chi connectivity index (χ1) is 16.8. The fourth-order valence-electron chi connectivity index (χ4n) is 4.12. The third-order valence-corrected chi connectivity index (χ3v) is 6.91. The average Bonchev–Trinajstić information content (AvgIpc) is 3.03. The second-order valence-corrected chi connectivity index (χ2v) is 8.98. The minimum absolute atomic E-state index is 0.136. The standard InChI is InChI=1S/C26H21N3O5S/c1-28-20-7-3-2-6-17(20)10-11-18-13-16(9-12-21(18)28)5-4-8-22-24(32)29(15-23(30)31)25(35-22)19(14-27)26(33)34/h2-9,12-13H,10-11,15H2,1H3,(H,30,31)(H,33,34)/b5-4+,22-8-,25-19+. The zero-order valence-corrected chi connectivity index (χ0v) is 19.6. The van der Waals surface area contributed by atoms with Crippen LogP contribution < -0.4 is 19.7 Å². The second-order valence-electron chi connectivity index (χ2n) is 7.95. The first-order valence-electron chi connectivity index (χ1n) is 10.7. The van der Waals surface area contributed by atoms with Crippen LogP contribution in [0.5, 0.6) is 0 Å². The van der Waals surface area contributed by atoms with Crippen LogP contribution in [0.1, 0.15) is 16.7 Å². The molecular weight excluding hydrogens is 466 g/mol. The molecule has 0 saturated carbocycles. The quantitative estimate of drug-likeness (QED) is 0.565. The molecule has 0 aliphatic carbocycles. The molecule has 8 nitrogen and oxygen atoms in total. The summed E-state index contributed by atoms with van der Waals surface area (Å²) >= 11 is 0.776. The lowest BCUT2D eigenvalue weighted by atomic mass is 10.0. The number of para-hydroxylation sites is 1. The van der Waals surface area contributed by atoms with Crippen molar-refractivity contribution in [1.29, 1.82) is 5.26 Å². The summed E-state index contributed by atoms with van der Waals surface area (Å²) in [4.78, 5) is 37.4. The van der Waals surface area contributed by atoms with Gasteiger partial charge in [0.1, 0.15) is 17.3 Å². The summed E-state index contributed by atoms with van der Waals surface area (Å²) in [5.74, 6) is -2.83. The lowest BCUT2D eigenvalue weighted by Gasteiger charge is -2.22. The van der Waals surface area contributed by atoms with Crippen molar-refractivity contribution in [3.8, 4) is 6.07 Å². The number of aromatic nitrogens is 1. The molecule has 35 heavy (non-hydrogen) atoms. The molecule has 0 spiro atoms. The Morgan fingerprint density at radius 2 is 1.83 bits per heavy atom. The van der Waals surface area contributed by atoms with Crippen molar-refractivity contribution < 1.29 is 19.8 Å². The van der Waals surface area contributed by atoms with E-state index in [0.29, 0.717) is 0 Å². The van der Waals surface area contributed by atoms with Crippen molar-refractivity contribution in [3.05, 3.63) is 84.8 Å². The monoisotopic (exact) mass is 487 g/mol. The van der Waals surface area contributed by atoms with Crippen LogP contribution in [0.2, 0.25) is 0 Å². The zero-order chi connectivity index (χ0) is 25.1. The van der Waals surface area contributed by atoms with Crippen molar-refractivity contribution in [2.24, 2.45) is 0 Å². The molecule has 1 aliphatic rings. The van der Waals surface area contributed by atoms with Gasteiger partial charge in [-0.1, -0.05) is 36.4 Å². The Bertz CT molecular complexity index is 1590. The van der Waals surface area contributed by atoms with Crippen LogP contribution >= 0.6 is 11.3 Å². The van der Waals surface area contributed by atoms with Crippen molar-refractivity contribution in [3.63, 3.8) is 0 Å². The molecule has 0 bridgehead atoms. The molecule has 2 heterocycles. The highest BCUT2D eigenvalue weighted by Crippen LogP contribution is 2.35. The Kier molecular flexibility index (Phi) is 6.66. The Balaban J connectivity index is 1.70. The lowest BCUT2D eigenvalue weighted by molar-refractivity contribution is -0.138. The van der Waals surface area contributed by atoms with E-state index in [0.717, 1.165) is 40.0 Å². The molecular formula is C26H21N3O5S. The molecule has 2 N–H and O–H groups in total. The fraction of sp³-hybridized carbons (Fsp3) is 0.154. The van der Waals surface area contributed by atoms with E-state index in [-0.39, 0.29) is 9.20 Å². The fourth-order valence-corrected chi connectivity index (χ4v) is 5.16. The van der Waals surface area contributed by atoms with Crippen LogP contribution in [0.25, 0.3) is 17.7 Å². The van der Waals surface area contributed by atoms with E-state index in [1.807, 2.05) is 31.3 Å². The Morgan fingerprint density at radius 1 is 1.11 bits per heavy atom. The lowest BCUT2D eigenvalue weighted by Crippen LogP contribution is -2.35. The van der Waals surface area contributed by atoms with Crippen molar-refractivity contribution in [2.75, 3.05) is 11.9 Å². The number of nitrogens with zero attached hydrogens (tertiary/aromatic N) is 3. The number of thiazole rings is 1. The Hall–Kier alpha value is -4.42. The number of aryl methyl sites for hydroxylation is 2. The molecule has 0 saturated heterocycles. The number of carboxylic acid groups (broad SMARTS) is 2. The van der Waals surface area contributed by atoms with Crippen LogP contribution in [-0.4, -0.2) is 33.8 Å². The molecule has 9 heteroatoms. The second kappa shape index (κ2) is 9.83. The molecule has 0 atom stereocenters. The third kappa shape index (κ3) is 4.78. The van der Waals surface area contributed by atoms with E-state index in [1.165, 1.54) is 29.0 Å². The molecule has 4 rings (SSSR count). The Morgan fingerprint density at radius 3 is 2.54 bits per heavy atom. The molecule has 176 valence electrons. The highest BCUT2D eigenvalue weighted by Gasteiger charge is 2.18. The highest BCUT2D eigenvalue weighted by atomic mass is 32.1. The summed E-state index contributed by atoms with van der Waals surface area (Å²) in [7, 11) is 2.05. The van der Waals surface area contributed by atoms with Crippen LogP contribution in [0.4, 0.5) is 11.4 Å². The largest absolute Gasteiger partial charge is 0.480 e. The Labute approximate surface area is 204 Å². The zero-order valence-electron chi connectivity index (χ0n) is 18.8. The van der Waals surface area contributed by atoms with Gasteiger partial charge in [-0.3, -0.25) is 14.2 Å². The molecule has 0 amide bonds. The molecule has 0 fully saturated rings. The number of carbonyl (C=O) groups is 2. The number of rotatable bonds is 5. The summed E-state index contributed by atoms with van der Waals surface area (Å²) in [6.07, 6.45) is 6.80. The number of nitriles is 1. The maximum Gasteiger partial charge on any atom is 0.349 e. The predicted octanol–water partition coefficient (Wildman–Crippen LogP) is 2.11. The van der Waals surface area contributed by atoms with Gasteiger partial charge >= 0.3 is 11.9 Å². The van der Waals surface area contributed by atoms with Crippen LogP contribution in [-0.2, 0) is 29.0 Å². The molecule has 1 aromatic heterocycles. The summed E-state index contributed by atoms with van der Waals surface area (Å²) in [5.41, 5.74) is 4.39. The van der Waals surface area contributed by atoms with E-state index in [1.54, 1.807) is 6.08 Å². The SMILES string of the molecule is CN1c2ccccc2CCc2cc(/C=C/C=c3\s/c(=C(\C#N)C(=O)O)n(CC(=O)O)c3=O)ccc21. The molecule has 0 radical (unpaired) electrons. The van der Waals surface area contributed by atoms with Gasteiger partial charge in [-0.25, -0.2) is 4.79 Å². The van der Waals surface area contributed by atoms with Gasteiger partial charge in [-0.15, -0.1) is 11.3 Å². The highest BCUT2D eigenvalue weighted by molar-refractivity contribution is 7.07. The van der Waals surface area contributed by atoms with Crippen molar-refractivity contribution in [1.82, 2.24) is 4.57 Å². The minimum Gasteiger partial charge on any atom is -0.480 e. The predicted molar refractivity (Wildman–Crippen MR) is 134 cm³/mol.